The molecule has 0 saturated carbocycles. The van der Waals surface area contributed by atoms with E-state index >= 15 is 0 Å². The van der Waals surface area contributed by atoms with Gasteiger partial charge in [-0.25, -0.2) is 9.97 Å². The van der Waals surface area contributed by atoms with Crippen LogP contribution in [-0.4, -0.2) is 75.2 Å². The van der Waals surface area contributed by atoms with Crippen LogP contribution >= 0.6 is 0 Å². The number of nitrogens with zero attached hydrogens (tertiary/aromatic N) is 7. The van der Waals surface area contributed by atoms with Gasteiger partial charge >= 0.3 is 5.97 Å². The van der Waals surface area contributed by atoms with Gasteiger partial charge in [-0.05, 0) is 39.2 Å². The van der Waals surface area contributed by atoms with Crippen LogP contribution in [0.2, 0.25) is 0 Å². The van der Waals surface area contributed by atoms with Crippen LogP contribution in [0.3, 0.4) is 0 Å². The molecule has 3 aromatic heterocycles. The Morgan fingerprint density at radius 1 is 1.14 bits per heavy atom. The Hall–Kier alpha value is -3.47. The van der Waals surface area contributed by atoms with Gasteiger partial charge in [-0.3, -0.25) is 9.48 Å². The van der Waals surface area contributed by atoms with Crippen molar-refractivity contribution in [2.75, 3.05) is 48.4 Å². The van der Waals surface area contributed by atoms with Crippen molar-refractivity contribution in [3.8, 4) is 0 Å². The van der Waals surface area contributed by atoms with Crippen LogP contribution in [0, 0.1) is 5.92 Å². The van der Waals surface area contributed by atoms with E-state index in [1.165, 1.54) is 0 Å². The first-order valence-electron chi connectivity index (χ1n) is 12.2. The third kappa shape index (κ3) is 4.72. The molecule has 1 atom stereocenters. The number of carboxylic acid groups (broad SMARTS) is 1. The van der Waals surface area contributed by atoms with Crippen molar-refractivity contribution >= 4 is 40.3 Å². The van der Waals surface area contributed by atoms with Crippen molar-refractivity contribution in [3.63, 3.8) is 0 Å². The first kappa shape index (κ1) is 23.3. The highest BCUT2D eigenvalue weighted by Crippen LogP contribution is 2.33. The van der Waals surface area contributed by atoms with Crippen molar-refractivity contribution in [2.45, 2.75) is 45.3 Å². The molecule has 3 aromatic rings. The van der Waals surface area contributed by atoms with E-state index in [1.54, 1.807) is 13.3 Å². The molecule has 2 aliphatic heterocycles. The number of pyridine rings is 1. The van der Waals surface area contributed by atoms with Gasteiger partial charge in [0.1, 0.15) is 11.6 Å². The summed E-state index contributed by atoms with van der Waals surface area (Å²) in [6.07, 6.45) is 6.41. The zero-order chi connectivity index (χ0) is 24.5. The first-order valence-corrected chi connectivity index (χ1v) is 12.2. The van der Waals surface area contributed by atoms with Crippen molar-refractivity contribution in [3.05, 3.63) is 24.5 Å². The Morgan fingerprint density at radius 2 is 1.91 bits per heavy atom. The highest BCUT2D eigenvalue weighted by atomic mass is 16.5. The monoisotopic (exact) mass is 480 g/mol. The molecule has 0 bridgehead atoms. The predicted molar refractivity (Wildman–Crippen MR) is 133 cm³/mol. The van der Waals surface area contributed by atoms with E-state index in [4.69, 9.17) is 14.8 Å². The number of anilines is 4. The lowest BCUT2D eigenvalue weighted by atomic mass is 10.1. The summed E-state index contributed by atoms with van der Waals surface area (Å²) in [4.78, 5) is 29.5. The third-order valence-corrected chi connectivity index (χ3v) is 6.86. The molecule has 2 fully saturated rings. The normalized spacial score (nSPS) is 19.1. The lowest BCUT2D eigenvalue weighted by molar-refractivity contribution is -0.140. The van der Waals surface area contributed by atoms with Crippen LogP contribution in [0.25, 0.3) is 10.9 Å². The van der Waals surface area contributed by atoms with E-state index < -0.39 is 5.97 Å². The van der Waals surface area contributed by atoms with Crippen LogP contribution in [-0.2, 0) is 9.53 Å². The number of piperidine rings is 1. The maximum Gasteiger partial charge on any atom is 0.308 e. The Morgan fingerprint density at radius 3 is 2.60 bits per heavy atom. The fraction of sp³-hybridized carbons (Fsp3) is 0.542. The lowest BCUT2D eigenvalue weighted by Crippen LogP contribution is -2.37. The molecule has 11 heteroatoms. The minimum atomic E-state index is -0.753. The van der Waals surface area contributed by atoms with Crippen molar-refractivity contribution in [1.29, 1.82) is 0 Å². The number of aromatic nitrogens is 5. The molecule has 0 aromatic carbocycles. The van der Waals surface area contributed by atoms with E-state index in [1.807, 2.05) is 23.0 Å². The molecule has 2 N–H and O–H groups in total. The number of ether oxygens (including phenoxy) is 1. The van der Waals surface area contributed by atoms with E-state index in [2.05, 4.69) is 38.9 Å². The topological polar surface area (TPSA) is 122 Å². The number of nitrogens with one attached hydrogen (secondary N) is 1. The number of carboxylic acids is 1. The van der Waals surface area contributed by atoms with E-state index in [0.717, 1.165) is 42.7 Å². The second kappa shape index (κ2) is 9.65. The average Bonchev–Trinajstić information content (AvgIpc) is 3.49. The summed E-state index contributed by atoms with van der Waals surface area (Å²) in [7, 11) is 1.76. The maximum atomic E-state index is 11.4. The average molecular weight is 481 g/mol. The summed E-state index contributed by atoms with van der Waals surface area (Å²) in [5.74, 6) is 1.71. The second-order valence-electron chi connectivity index (χ2n) is 9.51. The molecule has 1 unspecified atom stereocenters. The fourth-order valence-electron chi connectivity index (χ4n) is 4.86. The van der Waals surface area contributed by atoms with Crippen LogP contribution in [0.5, 0.6) is 0 Å². The molecule has 186 valence electrons. The summed E-state index contributed by atoms with van der Waals surface area (Å²) in [5.41, 5.74) is 0.946. The molecule has 2 aliphatic rings. The summed E-state index contributed by atoms with van der Waals surface area (Å²) in [6.45, 7) is 7.02. The Bertz CT molecular complexity index is 1200. The van der Waals surface area contributed by atoms with Gasteiger partial charge in [0.2, 0.25) is 5.95 Å². The summed E-state index contributed by atoms with van der Waals surface area (Å²) < 4.78 is 7.43. The smallest absolute Gasteiger partial charge is 0.308 e. The number of hydrogen-bond donors (Lipinski definition) is 2. The molecule has 0 spiro atoms. The number of hydrogen-bond acceptors (Lipinski definition) is 9. The minimum Gasteiger partial charge on any atom is -0.481 e. The highest BCUT2D eigenvalue weighted by molar-refractivity contribution is 5.92. The van der Waals surface area contributed by atoms with Crippen molar-refractivity contribution < 1.29 is 14.6 Å². The van der Waals surface area contributed by atoms with E-state index in [9.17, 15) is 9.90 Å². The quantitative estimate of drug-likeness (QED) is 0.522. The summed E-state index contributed by atoms with van der Waals surface area (Å²) in [5, 5.41) is 18.5. The largest absolute Gasteiger partial charge is 0.481 e. The fourth-order valence-corrected chi connectivity index (χ4v) is 4.86. The predicted octanol–water partition coefficient (Wildman–Crippen LogP) is 3.07. The molecule has 5 rings (SSSR count). The SMILES string of the molecule is COC1CCN(c2nccc(Nc3cc4c(cn3)c(N3CCC(C(=O)O)C3)nn4C(C)C)n2)CC1. The minimum absolute atomic E-state index is 0.139. The lowest BCUT2D eigenvalue weighted by Gasteiger charge is -2.31. The Kier molecular flexibility index (Phi) is 6.42. The molecule has 0 aliphatic carbocycles. The summed E-state index contributed by atoms with van der Waals surface area (Å²) >= 11 is 0. The molecule has 0 radical (unpaired) electrons. The van der Waals surface area contributed by atoms with Gasteiger partial charge in [-0.15, -0.1) is 0 Å². The molecule has 35 heavy (non-hydrogen) atoms. The number of rotatable bonds is 7. The van der Waals surface area contributed by atoms with Crippen LogP contribution in [0.15, 0.2) is 24.5 Å². The standard InChI is InChI=1S/C24H32N8O3/c1-15(2)32-19-12-21(26-13-18(19)22(29-32)31-9-5-16(14-31)23(33)34)27-20-4-8-25-24(28-20)30-10-6-17(35-3)7-11-30/h4,8,12-13,15-17H,5-7,9-11,14H2,1-3H3,(H,33,34)(H,25,26,27,28). The summed E-state index contributed by atoms with van der Waals surface area (Å²) in [6, 6.07) is 3.95. The Labute approximate surface area is 204 Å². The maximum absolute atomic E-state index is 11.4. The molecule has 11 nitrogen and oxygen atoms in total. The van der Waals surface area contributed by atoms with Gasteiger partial charge in [0.15, 0.2) is 5.82 Å². The first-order chi connectivity index (χ1) is 16.9. The number of carbonyl (C=O) groups is 1. The molecule has 2 saturated heterocycles. The zero-order valence-electron chi connectivity index (χ0n) is 20.4. The zero-order valence-corrected chi connectivity index (χ0v) is 20.4. The third-order valence-electron chi connectivity index (χ3n) is 6.86. The van der Waals surface area contributed by atoms with Gasteiger partial charge in [-0.1, -0.05) is 0 Å². The van der Waals surface area contributed by atoms with Crippen molar-refractivity contribution in [2.24, 2.45) is 5.92 Å². The number of aliphatic carboxylic acids is 1. The van der Waals surface area contributed by atoms with Gasteiger partial charge < -0.3 is 25.0 Å². The van der Waals surface area contributed by atoms with Crippen LogP contribution in [0.1, 0.15) is 39.2 Å². The molecular weight excluding hydrogens is 448 g/mol. The second-order valence-corrected chi connectivity index (χ2v) is 9.51. The molecular formula is C24H32N8O3. The highest BCUT2D eigenvalue weighted by Gasteiger charge is 2.31. The number of fused-ring (bicyclic) bond motifs is 1. The molecule has 0 amide bonds. The van der Waals surface area contributed by atoms with Crippen LogP contribution < -0.4 is 15.1 Å². The van der Waals surface area contributed by atoms with Gasteiger partial charge in [-0.2, -0.15) is 10.1 Å². The van der Waals surface area contributed by atoms with Crippen molar-refractivity contribution in [1.82, 2.24) is 24.7 Å². The van der Waals surface area contributed by atoms with Crippen LogP contribution in [0.4, 0.5) is 23.4 Å². The Balaban J connectivity index is 1.38. The van der Waals surface area contributed by atoms with Gasteiger partial charge in [0.05, 0.1) is 22.9 Å². The van der Waals surface area contributed by atoms with E-state index in [-0.39, 0.29) is 12.0 Å². The van der Waals surface area contributed by atoms with E-state index in [0.29, 0.717) is 43.2 Å². The number of methoxy groups -OCH3 is 1. The van der Waals surface area contributed by atoms with Gasteiger partial charge in [0.25, 0.3) is 0 Å². The van der Waals surface area contributed by atoms with Gasteiger partial charge in [0, 0.05) is 57.8 Å². The molecule has 5 heterocycles.